The molecule has 1 aromatic rings. The Kier molecular flexibility index (Phi) is 5.82. The quantitative estimate of drug-likeness (QED) is 0.667. The zero-order chi connectivity index (χ0) is 16.2. The van der Waals surface area contributed by atoms with E-state index in [1.165, 1.54) is 6.07 Å². The molecule has 0 radical (unpaired) electrons. The van der Waals surface area contributed by atoms with E-state index in [4.69, 9.17) is 4.74 Å². The number of alkyl carbamates (subject to hydrolysis) is 1. The molecule has 0 heterocycles. The Bertz CT molecular complexity index is 539. The van der Waals surface area contributed by atoms with Crippen LogP contribution in [0.25, 0.3) is 0 Å². The van der Waals surface area contributed by atoms with E-state index < -0.39 is 23.7 Å². The standard InChI is InChI=1S/C14H18INO5/c1-14(2,3)21-13(20)16-10(12(18)19)7-8-4-5-11(17)9(15)6-8/h4-6,10,17H,7H2,1-3H3,(H,16,20)(H,18,19). The molecule has 0 aliphatic heterocycles. The number of phenolic OH excluding ortho intramolecular Hbond substituents is 1. The predicted molar refractivity (Wildman–Crippen MR) is 85.3 cm³/mol. The highest BCUT2D eigenvalue weighted by molar-refractivity contribution is 14.1. The number of halogens is 1. The Morgan fingerprint density at radius 1 is 1.38 bits per heavy atom. The fourth-order valence-corrected chi connectivity index (χ4v) is 2.14. The Morgan fingerprint density at radius 2 is 2.00 bits per heavy atom. The highest BCUT2D eigenvalue weighted by atomic mass is 127. The van der Waals surface area contributed by atoms with Gasteiger partial charge in [0.25, 0.3) is 0 Å². The van der Waals surface area contributed by atoms with Crippen LogP contribution in [0.15, 0.2) is 18.2 Å². The lowest BCUT2D eigenvalue weighted by Crippen LogP contribution is -2.44. The third-order valence-corrected chi connectivity index (χ3v) is 3.31. The molecule has 0 saturated heterocycles. The Morgan fingerprint density at radius 3 is 2.48 bits per heavy atom. The molecule has 1 rings (SSSR count). The summed E-state index contributed by atoms with van der Waals surface area (Å²) in [5.74, 6) is -1.02. The largest absolute Gasteiger partial charge is 0.507 e. The number of carboxylic acid groups (broad SMARTS) is 1. The number of amides is 1. The van der Waals surface area contributed by atoms with Gasteiger partial charge in [0.1, 0.15) is 17.4 Å². The van der Waals surface area contributed by atoms with Gasteiger partial charge in [-0.05, 0) is 61.1 Å². The Hall–Kier alpha value is -1.51. The summed E-state index contributed by atoms with van der Waals surface area (Å²) in [5.41, 5.74) is 0.00165. The van der Waals surface area contributed by atoms with Gasteiger partial charge in [0, 0.05) is 6.42 Å². The molecule has 7 heteroatoms. The number of hydrogen-bond acceptors (Lipinski definition) is 4. The summed E-state index contributed by atoms with van der Waals surface area (Å²) in [6, 6.07) is 3.68. The van der Waals surface area contributed by atoms with E-state index in [2.05, 4.69) is 5.32 Å². The fraction of sp³-hybridized carbons (Fsp3) is 0.429. The van der Waals surface area contributed by atoms with Gasteiger partial charge in [-0.2, -0.15) is 0 Å². The maximum Gasteiger partial charge on any atom is 0.408 e. The van der Waals surface area contributed by atoms with Crippen molar-refractivity contribution in [3.8, 4) is 5.75 Å². The average molecular weight is 407 g/mol. The van der Waals surface area contributed by atoms with Crippen molar-refractivity contribution in [1.29, 1.82) is 0 Å². The number of ether oxygens (including phenoxy) is 1. The van der Waals surface area contributed by atoms with Crippen LogP contribution in [0.2, 0.25) is 0 Å². The number of hydrogen-bond donors (Lipinski definition) is 3. The number of aliphatic carboxylic acids is 1. The molecule has 0 aliphatic carbocycles. The molecule has 0 aromatic heterocycles. The van der Waals surface area contributed by atoms with E-state index in [1.807, 2.05) is 22.6 Å². The van der Waals surface area contributed by atoms with Crippen LogP contribution in [0, 0.1) is 3.57 Å². The molecule has 1 unspecified atom stereocenters. The molecule has 0 fully saturated rings. The normalized spacial score (nSPS) is 12.6. The van der Waals surface area contributed by atoms with E-state index in [0.717, 1.165) is 0 Å². The molecular weight excluding hydrogens is 389 g/mol. The van der Waals surface area contributed by atoms with Crippen molar-refractivity contribution in [2.24, 2.45) is 0 Å². The summed E-state index contributed by atoms with van der Waals surface area (Å²) in [6.45, 7) is 5.10. The zero-order valence-corrected chi connectivity index (χ0v) is 14.2. The topological polar surface area (TPSA) is 95.9 Å². The van der Waals surface area contributed by atoms with Gasteiger partial charge in [0.05, 0.1) is 3.57 Å². The first-order valence-corrected chi connectivity index (χ1v) is 7.36. The average Bonchev–Trinajstić information content (AvgIpc) is 2.30. The van der Waals surface area contributed by atoms with Crippen molar-refractivity contribution in [3.63, 3.8) is 0 Å². The molecule has 21 heavy (non-hydrogen) atoms. The van der Waals surface area contributed by atoms with Gasteiger partial charge in [-0.15, -0.1) is 0 Å². The second kappa shape index (κ2) is 6.97. The number of phenols is 1. The molecule has 1 atom stereocenters. The number of carboxylic acids is 1. The summed E-state index contributed by atoms with van der Waals surface area (Å²) in [4.78, 5) is 22.9. The van der Waals surface area contributed by atoms with E-state index >= 15 is 0 Å². The Balaban J connectivity index is 2.76. The summed E-state index contributed by atoms with van der Waals surface area (Å²) >= 11 is 1.95. The van der Waals surface area contributed by atoms with E-state index in [0.29, 0.717) is 9.13 Å². The lowest BCUT2D eigenvalue weighted by Gasteiger charge is -2.22. The minimum absolute atomic E-state index is 0.102. The van der Waals surface area contributed by atoms with Crippen LogP contribution in [0.1, 0.15) is 26.3 Å². The van der Waals surface area contributed by atoms with E-state index in [1.54, 1.807) is 32.9 Å². The molecule has 3 N–H and O–H groups in total. The van der Waals surface area contributed by atoms with Gasteiger partial charge in [-0.1, -0.05) is 6.07 Å². The number of benzene rings is 1. The molecule has 0 bridgehead atoms. The second-order valence-electron chi connectivity index (χ2n) is 5.53. The molecule has 116 valence electrons. The SMILES string of the molecule is CC(C)(C)OC(=O)NC(Cc1ccc(O)c(I)c1)C(=O)O. The van der Waals surface area contributed by atoms with Crippen LogP contribution in [-0.4, -0.2) is 33.9 Å². The van der Waals surface area contributed by atoms with Crippen LogP contribution in [0.3, 0.4) is 0 Å². The smallest absolute Gasteiger partial charge is 0.408 e. The van der Waals surface area contributed by atoms with Crippen LogP contribution in [0.5, 0.6) is 5.75 Å². The van der Waals surface area contributed by atoms with Crippen LogP contribution >= 0.6 is 22.6 Å². The Labute approximate surface area is 136 Å². The van der Waals surface area contributed by atoms with Crippen molar-refractivity contribution >= 4 is 34.7 Å². The first-order valence-electron chi connectivity index (χ1n) is 6.28. The number of carbonyl (C=O) groups is 2. The third-order valence-electron chi connectivity index (χ3n) is 2.44. The number of carbonyl (C=O) groups excluding carboxylic acids is 1. The van der Waals surface area contributed by atoms with Crippen molar-refractivity contribution in [1.82, 2.24) is 5.32 Å². The first-order chi connectivity index (χ1) is 9.58. The van der Waals surface area contributed by atoms with Crippen LogP contribution < -0.4 is 5.32 Å². The van der Waals surface area contributed by atoms with Gasteiger partial charge < -0.3 is 20.3 Å². The van der Waals surface area contributed by atoms with Gasteiger partial charge in [-0.3, -0.25) is 0 Å². The molecular formula is C14H18INO5. The lowest BCUT2D eigenvalue weighted by molar-refractivity contribution is -0.139. The van der Waals surface area contributed by atoms with E-state index in [-0.39, 0.29) is 12.2 Å². The monoisotopic (exact) mass is 407 g/mol. The fourth-order valence-electron chi connectivity index (χ4n) is 1.56. The van der Waals surface area contributed by atoms with Crippen molar-refractivity contribution in [2.75, 3.05) is 0 Å². The van der Waals surface area contributed by atoms with Gasteiger partial charge in [0.15, 0.2) is 0 Å². The second-order valence-corrected chi connectivity index (χ2v) is 6.69. The predicted octanol–water partition coefficient (Wildman–Crippen LogP) is 2.52. The van der Waals surface area contributed by atoms with Gasteiger partial charge >= 0.3 is 12.1 Å². The van der Waals surface area contributed by atoms with Crippen molar-refractivity contribution in [3.05, 3.63) is 27.3 Å². The molecule has 1 aromatic carbocycles. The number of nitrogens with one attached hydrogen (secondary N) is 1. The maximum atomic E-state index is 11.6. The first kappa shape index (κ1) is 17.5. The van der Waals surface area contributed by atoms with Crippen molar-refractivity contribution < 1.29 is 24.5 Å². The minimum atomic E-state index is -1.15. The molecule has 0 aliphatic rings. The number of rotatable bonds is 4. The van der Waals surface area contributed by atoms with Gasteiger partial charge in [-0.25, -0.2) is 9.59 Å². The van der Waals surface area contributed by atoms with Crippen LogP contribution in [-0.2, 0) is 16.0 Å². The van der Waals surface area contributed by atoms with Crippen molar-refractivity contribution in [2.45, 2.75) is 38.8 Å². The van der Waals surface area contributed by atoms with E-state index in [9.17, 15) is 19.8 Å². The molecule has 6 nitrogen and oxygen atoms in total. The highest BCUT2D eigenvalue weighted by Gasteiger charge is 2.24. The summed E-state index contributed by atoms with van der Waals surface area (Å²) < 4.78 is 5.66. The molecule has 0 saturated carbocycles. The zero-order valence-electron chi connectivity index (χ0n) is 12.0. The van der Waals surface area contributed by atoms with Crippen LogP contribution in [0.4, 0.5) is 4.79 Å². The summed E-state index contributed by atoms with van der Waals surface area (Å²) in [6.07, 6.45) is -0.673. The summed E-state index contributed by atoms with van der Waals surface area (Å²) in [7, 11) is 0. The summed E-state index contributed by atoms with van der Waals surface area (Å²) in [5, 5.41) is 21.0. The third kappa shape index (κ3) is 6.19. The number of aromatic hydroxyl groups is 1. The highest BCUT2D eigenvalue weighted by Crippen LogP contribution is 2.21. The minimum Gasteiger partial charge on any atom is -0.507 e. The molecule has 1 amide bonds. The lowest BCUT2D eigenvalue weighted by atomic mass is 10.1. The van der Waals surface area contributed by atoms with Gasteiger partial charge in [0.2, 0.25) is 0 Å². The maximum absolute atomic E-state index is 11.6. The molecule has 0 spiro atoms.